The average molecular weight is 254 g/mol. The molecule has 0 saturated carbocycles. The van der Waals surface area contributed by atoms with E-state index in [0.717, 1.165) is 5.57 Å². The Balaban J connectivity index is 0. The first-order chi connectivity index (χ1) is 7.93. The Labute approximate surface area is 110 Å². The number of carbonyl (C=O) groups excluding carboxylic acids is 1. The highest BCUT2D eigenvalue weighted by atomic mass is 16.2. The molecule has 1 heterocycles. The summed E-state index contributed by atoms with van der Waals surface area (Å²) >= 11 is 0. The van der Waals surface area contributed by atoms with Crippen molar-refractivity contribution in [2.45, 2.75) is 27.7 Å². The molecule has 1 saturated heterocycles. The minimum absolute atomic E-state index is 0. The summed E-state index contributed by atoms with van der Waals surface area (Å²) in [5.74, 6) is -0.325. The van der Waals surface area contributed by atoms with E-state index in [1.54, 1.807) is 0 Å². The largest absolute Gasteiger partial charge is 0.412 e. The molecule has 0 aromatic carbocycles. The Bertz CT molecular complexity index is 342. The number of hydrogen-bond acceptors (Lipinski definition) is 2. The molecule has 0 bridgehead atoms. The van der Waals surface area contributed by atoms with Crippen molar-refractivity contribution in [1.82, 2.24) is 5.32 Å². The molecule has 104 valence electrons. The second-order valence-electron chi connectivity index (χ2n) is 4.20. The van der Waals surface area contributed by atoms with Gasteiger partial charge < -0.3 is 16.5 Å². The molecule has 0 aliphatic carbocycles. The summed E-state index contributed by atoms with van der Waals surface area (Å²) in [6.07, 6.45) is 1.99. The van der Waals surface area contributed by atoms with Crippen molar-refractivity contribution in [2.24, 2.45) is 17.6 Å². The summed E-state index contributed by atoms with van der Waals surface area (Å²) in [5, 5.41) is 2.79. The molecule has 1 amide bonds. The molecule has 18 heavy (non-hydrogen) atoms. The topological polar surface area (TPSA) is 86.6 Å². The summed E-state index contributed by atoms with van der Waals surface area (Å²) in [6, 6.07) is 0. The third-order valence-corrected chi connectivity index (χ3v) is 2.53. The van der Waals surface area contributed by atoms with Gasteiger partial charge in [0.05, 0.1) is 5.92 Å². The van der Waals surface area contributed by atoms with Crippen molar-refractivity contribution >= 4 is 5.91 Å². The van der Waals surface area contributed by atoms with Crippen molar-refractivity contribution < 1.29 is 10.3 Å². The zero-order chi connectivity index (χ0) is 13.6. The molecule has 1 rings (SSSR count). The van der Waals surface area contributed by atoms with Gasteiger partial charge in [0, 0.05) is 18.2 Å². The number of carbonyl (C=O) groups is 1. The number of allylic oxidation sites excluding steroid dienone is 2. The van der Waals surface area contributed by atoms with E-state index in [9.17, 15) is 4.79 Å². The third kappa shape index (κ3) is 4.75. The van der Waals surface area contributed by atoms with Gasteiger partial charge in [0.1, 0.15) is 0 Å². The van der Waals surface area contributed by atoms with Gasteiger partial charge in [-0.25, -0.2) is 0 Å². The molecule has 5 N–H and O–H groups in total. The van der Waals surface area contributed by atoms with Crippen LogP contribution in [0.3, 0.4) is 0 Å². The fourth-order valence-electron chi connectivity index (χ4n) is 1.87. The Hall–Kier alpha value is -1.55. The van der Waals surface area contributed by atoms with Gasteiger partial charge in [-0.1, -0.05) is 38.7 Å². The normalized spacial score (nSPS) is 20.8. The molecule has 0 aromatic rings. The van der Waals surface area contributed by atoms with Gasteiger partial charge in [-0.3, -0.25) is 4.79 Å². The van der Waals surface area contributed by atoms with Crippen LogP contribution in [0.2, 0.25) is 0 Å². The quantitative estimate of drug-likeness (QED) is 0.748. The zero-order valence-corrected chi connectivity index (χ0v) is 11.8. The summed E-state index contributed by atoms with van der Waals surface area (Å²) in [7, 11) is 0. The number of nitrogens with two attached hydrogens (primary N) is 1. The molecule has 4 heteroatoms. The first-order valence-electron chi connectivity index (χ1n) is 5.99. The molecule has 0 spiro atoms. The highest BCUT2D eigenvalue weighted by Crippen LogP contribution is 2.28. The Morgan fingerprint density at radius 1 is 1.39 bits per heavy atom. The number of nitrogens with one attached hydrogen (secondary N) is 1. The number of rotatable bonds is 3. The van der Waals surface area contributed by atoms with Crippen molar-refractivity contribution in [3.05, 3.63) is 36.1 Å². The van der Waals surface area contributed by atoms with E-state index in [0.29, 0.717) is 12.2 Å². The van der Waals surface area contributed by atoms with Crippen molar-refractivity contribution in [1.29, 1.82) is 0 Å². The molecule has 1 fully saturated rings. The average Bonchev–Trinajstić information content (AvgIpc) is 2.62. The van der Waals surface area contributed by atoms with Crippen LogP contribution >= 0.6 is 0 Å². The second-order valence-corrected chi connectivity index (χ2v) is 4.20. The first kappa shape index (κ1) is 18.8. The lowest BCUT2D eigenvalue weighted by atomic mass is 9.86. The van der Waals surface area contributed by atoms with E-state index in [1.807, 2.05) is 33.8 Å². The van der Waals surface area contributed by atoms with Gasteiger partial charge in [-0.05, 0) is 19.4 Å². The Kier molecular flexibility index (Phi) is 8.91. The van der Waals surface area contributed by atoms with Gasteiger partial charge in [-0.2, -0.15) is 0 Å². The molecule has 0 radical (unpaired) electrons. The molecule has 0 aromatic heterocycles. The Morgan fingerprint density at radius 2 is 1.89 bits per heavy atom. The SMILES string of the molecule is C=C(N)[C@H]1C(=O)NC[C@@H]1C(=C)C=C(C)C.CC.O. The Morgan fingerprint density at radius 3 is 2.28 bits per heavy atom. The predicted molar refractivity (Wildman–Crippen MR) is 76.8 cm³/mol. The molecular weight excluding hydrogens is 228 g/mol. The lowest BCUT2D eigenvalue weighted by molar-refractivity contribution is -0.121. The van der Waals surface area contributed by atoms with Crippen LogP contribution in [0.5, 0.6) is 0 Å². The van der Waals surface area contributed by atoms with Crippen LogP contribution in [0.4, 0.5) is 0 Å². The van der Waals surface area contributed by atoms with Crippen molar-refractivity contribution in [3.63, 3.8) is 0 Å². The summed E-state index contributed by atoms with van der Waals surface area (Å²) in [5.41, 5.74) is 8.15. The zero-order valence-electron chi connectivity index (χ0n) is 11.8. The van der Waals surface area contributed by atoms with Gasteiger partial charge in [0.15, 0.2) is 0 Å². The third-order valence-electron chi connectivity index (χ3n) is 2.53. The summed E-state index contributed by atoms with van der Waals surface area (Å²) in [4.78, 5) is 11.5. The fourth-order valence-corrected chi connectivity index (χ4v) is 1.87. The van der Waals surface area contributed by atoms with Gasteiger partial charge >= 0.3 is 0 Å². The highest BCUT2D eigenvalue weighted by molar-refractivity contribution is 5.84. The second kappa shape index (κ2) is 8.53. The van der Waals surface area contributed by atoms with E-state index in [-0.39, 0.29) is 23.2 Å². The smallest absolute Gasteiger partial charge is 0.229 e. The monoisotopic (exact) mass is 254 g/mol. The maximum atomic E-state index is 11.5. The van der Waals surface area contributed by atoms with Crippen LogP contribution in [-0.2, 0) is 4.79 Å². The van der Waals surface area contributed by atoms with E-state index >= 15 is 0 Å². The highest BCUT2D eigenvalue weighted by Gasteiger charge is 2.36. The standard InChI is InChI=1S/C12H18N2O.C2H6.H2O/c1-7(2)5-8(3)10-6-14-12(15)11(10)9(4)13;1-2;/h5,10-11H,3-4,6,13H2,1-2H3,(H,14,15);1-2H3;1H2/t10-,11-;;/m1../s1. The van der Waals surface area contributed by atoms with Crippen molar-refractivity contribution in [3.8, 4) is 0 Å². The van der Waals surface area contributed by atoms with E-state index in [1.165, 1.54) is 5.57 Å². The minimum Gasteiger partial charge on any atom is -0.412 e. The van der Waals surface area contributed by atoms with E-state index in [4.69, 9.17) is 5.73 Å². The molecular formula is C14H26N2O2. The van der Waals surface area contributed by atoms with Gasteiger partial charge in [-0.15, -0.1) is 0 Å². The first-order valence-corrected chi connectivity index (χ1v) is 5.99. The molecule has 1 aliphatic heterocycles. The lowest BCUT2D eigenvalue weighted by Crippen LogP contribution is -2.25. The van der Waals surface area contributed by atoms with Crippen LogP contribution in [0.15, 0.2) is 36.1 Å². The van der Waals surface area contributed by atoms with Crippen LogP contribution in [0, 0.1) is 11.8 Å². The number of hydrogen-bond donors (Lipinski definition) is 2. The van der Waals surface area contributed by atoms with Gasteiger partial charge in [0.25, 0.3) is 0 Å². The summed E-state index contributed by atoms with van der Waals surface area (Å²) < 4.78 is 0. The predicted octanol–water partition coefficient (Wildman–Crippen LogP) is 1.54. The molecule has 0 unspecified atom stereocenters. The molecule has 1 aliphatic rings. The maximum absolute atomic E-state index is 11.5. The maximum Gasteiger partial charge on any atom is 0.229 e. The molecule has 2 atom stereocenters. The van der Waals surface area contributed by atoms with Crippen LogP contribution in [0.25, 0.3) is 0 Å². The number of amides is 1. The van der Waals surface area contributed by atoms with Crippen molar-refractivity contribution in [2.75, 3.05) is 6.54 Å². The van der Waals surface area contributed by atoms with E-state index < -0.39 is 0 Å². The van der Waals surface area contributed by atoms with Crippen LogP contribution in [-0.4, -0.2) is 17.9 Å². The van der Waals surface area contributed by atoms with Crippen LogP contribution < -0.4 is 11.1 Å². The minimum atomic E-state index is -0.326. The van der Waals surface area contributed by atoms with Crippen LogP contribution in [0.1, 0.15) is 27.7 Å². The summed E-state index contributed by atoms with van der Waals surface area (Å²) in [6.45, 7) is 16.2. The fraction of sp³-hybridized carbons (Fsp3) is 0.500. The molecule has 4 nitrogen and oxygen atoms in total. The van der Waals surface area contributed by atoms with E-state index in [2.05, 4.69) is 18.5 Å². The lowest BCUT2D eigenvalue weighted by Gasteiger charge is -2.17. The van der Waals surface area contributed by atoms with Gasteiger partial charge in [0.2, 0.25) is 5.91 Å².